The molecule has 0 N–H and O–H groups in total. The van der Waals surface area contributed by atoms with Crippen molar-refractivity contribution in [1.82, 2.24) is 0 Å². The summed E-state index contributed by atoms with van der Waals surface area (Å²) in [5.74, 6) is 0. The predicted molar refractivity (Wildman–Crippen MR) is 357 cm³/mol. The lowest BCUT2D eigenvalue weighted by Crippen LogP contribution is -2.74. The van der Waals surface area contributed by atoms with E-state index in [0.29, 0.717) is 0 Å². The smallest absolute Gasteiger partial charge is 0.252 e. The van der Waals surface area contributed by atoms with Crippen LogP contribution < -0.4 is 63.9 Å². The Hall–Kier alpha value is -10.5. The monoisotopic (exact) mass is 1060 g/mol. The van der Waals surface area contributed by atoms with Crippen LogP contribution in [0.25, 0.3) is 66.8 Å². The number of rotatable bonds is 6. The van der Waals surface area contributed by atoms with Crippen LogP contribution >= 0.6 is 0 Å². The van der Waals surface area contributed by atoms with Gasteiger partial charge in [0.2, 0.25) is 0 Å². The van der Waals surface area contributed by atoms with Gasteiger partial charge in [-0.05, 0) is 152 Å². The Bertz CT molecular complexity index is 4130. The summed E-state index contributed by atoms with van der Waals surface area (Å²) in [5, 5.41) is 0. The third-order valence-electron chi connectivity index (χ3n) is 19.2. The fraction of sp³-hybridized carbons (Fsp3) is 0. The number of benzene rings is 13. The summed E-state index contributed by atoms with van der Waals surface area (Å²) in [4.78, 5) is 8.15. The lowest BCUT2D eigenvalue weighted by Gasteiger charge is -2.56. The summed E-state index contributed by atoms with van der Waals surface area (Å²) in [7, 11) is 0. The molecular weight excluding hydrogens is 1010 g/mol. The normalized spacial score (nSPS) is 13.6. The van der Waals surface area contributed by atoms with E-state index in [1.807, 2.05) is 0 Å². The van der Waals surface area contributed by atoms with Gasteiger partial charge in [-0.25, -0.2) is 0 Å². The van der Waals surface area contributed by atoms with Gasteiger partial charge >= 0.3 is 0 Å². The molecule has 0 fully saturated rings. The molecule has 0 aromatic heterocycles. The Morgan fingerprint density at radius 3 is 0.500 bits per heavy atom. The van der Waals surface area contributed by atoms with Crippen LogP contribution in [0.5, 0.6) is 0 Å². The maximum absolute atomic E-state index is 2.72. The van der Waals surface area contributed by atoms with E-state index in [2.05, 4.69) is 306 Å². The van der Waals surface area contributed by atoms with E-state index in [9.17, 15) is 0 Å². The highest BCUT2D eigenvalue weighted by Gasteiger charge is 2.57. The van der Waals surface area contributed by atoms with Crippen molar-refractivity contribution in [2.45, 2.75) is 0 Å². The molecule has 0 bridgehead atoms. The van der Waals surface area contributed by atoms with Crippen LogP contribution in [0.3, 0.4) is 0 Å². The third kappa shape index (κ3) is 6.40. The van der Waals surface area contributed by atoms with E-state index in [1.54, 1.807) is 0 Å². The van der Waals surface area contributed by atoms with Gasteiger partial charge in [0, 0.05) is 51.2 Å². The maximum Gasteiger partial charge on any atom is 0.252 e. The molecule has 0 radical (unpaired) electrons. The summed E-state index contributed by atoms with van der Waals surface area (Å²) >= 11 is 0. The third-order valence-corrected chi connectivity index (χ3v) is 19.2. The molecule has 6 aliphatic heterocycles. The van der Waals surface area contributed by atoms with Crippen molar-refractivity contribution >= 4 is 120 Å². The standard InChI is InChI=1S/C78H48B3N3/c1-7-19-49(20-8-1)55-31-37-67-61(43-55)79-62-44-56(50-21-9-2-10-22-50)32-38-68(62)83-70-40-34-58(52-25-13-4-14-26-52)46-64(70)81-66-48-60(54-29-17-6-18-30-54)36-42-72(66)84-71-41-35-59(53-27-15-5-16-28-53)47-65(71)80-63-45-57(51-23-11-3-12-24-51)33-39-69(63)82(67)76-73(79)77(83)75(81)78(84)74(76)80/h1-48H. The van der Waals surface area contributed by atoms with Gasteiger partial charge in [-0.3, -0.25) is 0 Å². The van der Waals surface area contributed by atoms with Crippen LogP contribution in [0.1, 0.15) is 0 Å². The molecule has 0 spiro atoms. The highest BCUT2D eigenvalue weighted by Crippen LogP contribution is 2.53. The summed E-state index contributed by atoms with van der Waals surface area (Å²) in [6.45, 7) is -0.332. The van der Waals surface area contributed by atoms with Gasteiger partial charge in [0.15, 0.2) is 0 Å². The SMILES string of the molecule is c1ccc(-c2ccc3c(c2)B2c4cc(-c5ccccc5)ccc4N4c5ccc(-c6ccccc6)cc5B5c6cc(-c7ccccc7)ccc6N6c7ccc(-c8ccccc8)cc7B7c8cc(-c9ccccc9)ccc8N3c3c2c4c5c6c37)cc1. The van der Waals surface area contributed by atoms with Crippen molar-refractivity contribution in [2.24, 2.45) is 0 Å². The van der Waals surface area contributed by atoms with E-state index >= 15 is 0 Å². The summed E-state index contributed by atoms with van der Waals surface area (Å²) in [5.41, 5.74) is 38.0. The van der Waals surface area contributed by atoms with Crippen LogP contribution in [0.15, 0.2) is 291 Å². The summed E-state index contributed by atoms with van der Waals surface area (Å²) in [6, 6.07) is 110. The number of anilines is 9. The van der Waals surface area contributed by atoms with Crippen LogP contribution in [0.2, 0.25) is 0 Å². The second-order valence-electron chi connectivity index (χ2n) is 23.4. The topological polar surface area (TPSA) is 9.72 Å². The molecule has 0 unspecified atom stereocenters. The Labute approximate surface area is 490 Å². The second-order valence-corrected chi connectivity index (χ2v) is 23.4. The maximum atomic E-state index is 2.72. The van der Waals surface area contributed by atoms with Gasteiger partial charge in [-0.15, -0.1) is 0 Å². The van der Waals surface area contributed by atoms with E-state index in [4.69, 9.17) is 0 Å². The zero-order valence-corrected chi connectivity index (χ0v) is 45.8. The van der Waals surface area contributed by atoms with Gasteiger partial charge in [-0.2, -0.15) is 0 Å². The molecule has 384 valence electrons. The Kier molecular flexibility index (Phi) is 9.60. The predicted octanol–water partition coefficient (Wildman–Crippen LogP) is 13.5. The highest BCUT2D eigenvalue weighted by atomic mass is 15.2. The second kappa shape index (κ2) is 17.5. The van der Waals surface area contributed by atoms with Crippen LogP contribution in [-0.2, 0) is 0 Å². The first-order valence-corrected chi connectivity index (χ1v) is 29.5. The van der Waals surface area contributed by atoms with Gasteiger partial charge in [0.05, 0.1) is 0 Å². The average molecular weight is 1060 g/mol. The molecule has 6 heterocycles. The van der Waals surface area contributed by atoms with Crippen molar-refractivity contribution in [3.8, 4) is 66.8 Å². The molecule has 84 heavy (non-hydrogen) atoms. The molecule has 0 atom stereocenters. The van der Waals surface area contributed by atoms with Crippen molar-refractivity contribution in [3.63, 3.8) is 0 Å². The Morgan fingerprint density at radius 1 is 0.167 bits per heavy atom. The fourth-order valence-electron chi connectivity index (χ4n) is 15.7. The van der Waals surface area contributed by atoms with E-state index in [1.165, 1.54) is 167 Å². The molecule has 19 rings (SSSR count). The minimum atomic E-state index is -0.111. The zero-order chi connectivity index (χ0) is 54.7. The summed E-state index contributed by atoms with van der Waals surface area (Å²) < 4.78 is 0. The van der Waals surface area contributed by atoms with Crippen LogP contribution in [-0.4, -0.2) is 20.1 Å². The van der Waals surface area contributed by atoms with Crippen molar-refractivity contribution < 1.29 is 0 Å². The van der Waals surface area contributed by atoms with Crippen molar-refractivity contribution in [1.29, 1.82) is 0 Å². The van der Waals surface area contributed by atoms with E-state index < -0.39 is 0 Å². The number of hydrogen-bond acceptors (Lipinski definition) is 3. The van der Waals surface area contributed by atoms with E-state index in [0.717, 1.165) is 0 Å². The fourth-order valence-corrected chi connectivity index (χ4v) is 15.7. The first-order chi connectivity index (χ1) is 41.7. The Morgan fingerprint density at radius 2 is 0.333 bits per heavy atom. The minimum Gasteiger partial charge on any atom is -0.312 e. The molecule has 0 saturated carbocycles. The van der Waals surface area contributed by atoms with Crippen molar-refractivity contribution in [3.05, 3.63) is 291 Å². The first-order valence-electron chi connectivity index (χ1n) is 29.5. The van der Waals surface area contributed by atoms with Gasteiger partial charge in [0.1, 0.15) is 0 Å². The van der Waals surface area contributed by atoms with Crippen molar-refractivity contribution in [2.75, 3.05) is 14.7 Å². The quantitative estimate of drug-likeness (QED) is 0.154. The molecule has 0 amide bonds. The van der Waals surface area contributed by atoms with Crippen LogP contribution in [0, 0.1) is 0 Å². The summed E-state index contributed by atoms with van der Waals surface area (Å²) in [6.07, 6.45) is 0. The average Bonchev–Trinajstić information content (AvgIpc) is 0.674. The zero-order valence-electron chi connectivity index (χ0n) is 45.8. The molecule has 13 aromatic rings. The Balaban J connectivity index is 1.00. The van der Waals surface area contributed by atoms with Gasteiger partial charge in [0.25, 0.3) is 20.1 Å². The molecule has 0 saturated heterocycles. The largest absolute Gasteiger partial charge is 0.312 e. The first kappa shape index (κ1) is 46.1. The van der Waals surface area contributed by atoms with Gasteiger partial charge < -0.3 is 14.7 Å². The molecule has 0 aliphatic carbocycles. The molecule has 13 aromatic carbocycles. The highest BCUT2D eigenvalue weighted by molar-refractivity contribution is 7.09. The lowest BCUT2D eigenvalue weighted by molar-refractivity contribution is 1.23. The number of fused-ring (bicyclic) bond motifs is 18. The number of nitrogens with zero attached hydrogens (tertiary/aromatic N) is 3. The molecular formula is C78H48B3N3. The number of hydrogen-bond donors (Lipinski definition) is 0. The molecule has 6 aliphatic rings. The van der Waals surface area contributed by atoms with Crippen LogP contribution in [0.4, 0.5) is 51.2 Å². The van der Waals surface area contributed by atoms with Gasteiger partial charge in [-0.1, -0.05) is 255 Å². The molecule has 3 nitrogen and oxygen atoms in total. The van der Waals surface area contributed by atoms with E-state index in [-0.39, 0.29) is 20.1 Å². The minimum absolute atomic E-state index is 0.111. The molecule has 6 heteroatoms. The lowest BCUT2D eigenvalue weighted by atomic mass is 9.24.